The fraction of sp³-hybridized carbons (Fsp3) is 0.385. The number of carbonyl (C=O) groups excluding carboxylic acids is 1. The van der Waals surface area contributed by atoms with E-state index in [1.165, 1.54) is 13.2 Å². The number of ether oxygens (including phenoxy) is 3. The number of amides is 1. The third-order valence-electron chi connectivity index (χ3n) is 6.60. The Morgan fingerprint density at radius 1 is 1.21 bits per heavy atom. The Balaban J connectivity index is 1.45. The van der Waals surface area contributed by atoms with Crippen molar-refractivity contribution in [1.82, 2.24) is 10.3 Å². The number of piperidine rings is 1. The number of methoxy groups -OCH3 is 2. The molecule has 8 heteroatoms. The Bertz CT molecular complexity index is 1300. The molecule has 1 amide bonds. The molecular weight excluding hydrogens is 437 g/mol. The highest BCUT2D eigenvalue weighted by atomic mass is 19.1. The van der Waals surface area contributed by atoms with E-state index < -0.39 is 12.9 Å². The number of carbonyl (C=O) groups is 1. The first-order valence-corrected chi connectivity index (χ1v) is 11.3. The minimum Gasteiger partial charge on any atom is -0.494 e. The summed E-state index contributed by atoms with van der Waals surface area (Å²) in [5, 5.41) is 3.62. The number of benzene rings is 2. The van der Waals surface area contributed by atoms with Crippen LogP contribution in [0.2, 0.25) is 0 Å². The SMILES string of the molecule is [2H]C([2H])([2H])OCCOc1ccc(-c2cc(N3CC4CCNC(=O)C4C3)c3cc(F)c(OC)cc3n2)cc1. The second kappa shape index (κ2) is 9.46. The monoisotopic (exact) mass is 468 g/mol. The standard InChI is InChI=1S/C26H28FN3O4/c1-32-9-10-34-18-5-3-16(4-6-18)22-12-24(19-11-21(27)25(33-2)13-23(19)29-22)30-14-17-7-8-28-26(31)20(17)15-30/h3-6,11-13,17,20H,7-10,14-15H2,1-2H3,(H,28,31)/i1D3. The van der Waals surface area contributed by atoms with Gasteiger partial charge in [-0.3, -0.25) is 4.79 Å². The second-order valence-corrected chi connectivity index (χ2v) is 8.60. The van der Waals surface area contributed by atoms with Crippen molar-refractivity contribution >= 4 is 22.5 Å². The number of aromatic nitrogens is 1. The van der Waals surface area contributed by atoms with E-state index in [4.69, 9.17) is 23.3 Å². The Hall–Kier alpha value is -3.39. The number of nitrogens with one attached hydrogen (secondary N) is 1. The van der Waals surface area contributed by atoms with Crippen LogP contribution in [0.3, 0.4) is 0 Å². The molecule has 0 bridgehead atoms. The Kier molecular flexibility index (Phi) is 5.28. The highest BCUT2D eigenvalue weighted by Gasteiger charge is 2.40. The van der Waals surface area contributed by atoms with Crippen LogP contribution in [0.5, 0.6) is 11.5 Å². The number of anilines is 1. The number of hydrogen-bond acceptors (Lipinski definition) is 6. The zero-order valence-electron chi connectivity index (χ0n) is 21.8. The van der Waals surface area contributed by atoms with Crippen molar-refractivity contribution < 1.29 is 27.5 Å². The lowest BCUT2D eigenvalue weighted by Crippen LogP contribution is -2.41. The lowest BCUT2D eigenvalue weighted by atomic mass is 9.89. The van der Waals surface area contributed by atoms with Crippen molar-refractivity contribution in [3.63, 3.8) is 0 Å². The van der Waals surface area contributed by atoms with Gasteiger partial charge in [0.05, 0.1) is 35.0 Å². The predicted octanol–water partition coefficient (Wildman–Crippen LogP) is 3.65. The van der Waals surface area contributed by atoms with Gasteiger partial charge in [0.1, 0.15) is 12.4 Å². The fourth-order valence-corrected chi connectivity index (χ4v) is 4.87. The van der Waals surface area contributed by atoms with Crippen molar-refractivity contribution in [3.8, 4) is 22.8 Å². The first kappa shape index (κ1) is 19.0. The van der Waals surface area contributed by atoms with Gasteiger partial charge in [0.15, 0.2) is 11.6 Å². The maximum Gasteiger partial charge on any atom is 0.225 e. The highest BCUT2D eigenvalue weighted by Crippen LogP contribution is 2.39. The van der Waals surface area contributed by atoms with E-state index >= 15 is 0 Å². The molecule has 2 fully saturated rings. The van der Waals surface area contributed by atoms with Crippen LogP contribution in [-0.4, -0.2) is 57.9 Å². The van der Waals surface area contributed by atoms with Crippen molar-refractivity contribution in [3.05, 3.63) is 48.3 Å². The molecule has 2 aromatic carbocycles. The molecule has 2 atom stereocenters. The molecule has 3 heterocycles. The number of halogens is 1. The van der Waals surface area contributed by atoms with Gasteiger partial charge in [-0.1, -0.05) is 0 Å². The lowest BCUT2D eigenvalue weighted by molar-refractivity contribution is -0.127. The summed E-state index contributed by atoms with van der Waals surface area (Å²) in [5.41, 5.74) is 2.93. The van der Waals surface area contributed by atoms with Crippen molar-refractivity contribution in [2.24, 2.45) is 11.8 Å². The third-order valence-corrected chi connectivity index (χ3v) is 6.60. The summed E-state index contributed by atoms with van der Waals surface area (Å²) in [4.78, 5) is 19.4. The van der Waals surface area contributed by atoms with Gasteiger partial charge in [-0.25, -0.2) is 9.37 Å². The van der Waals surface area contributed by atoms with Gasteiger partial charge in [0, 0.05) is 49.4 Å². The van der Waals surface area contributed by atoms with Crippen LogP contribution >= 0.6 is 0 Å². The van der Waals surface area contributed by atoms with E-state index in [1.807, 2.05) is 18.2 Å². The summed E-state index contributed by atoms with van der Waals surface area (Å²) in [5.74, 6) is 0.454. The Morgan fingerprint density at radius 3 is 2.82 bits per heavy atom. The Morgan fingerprint density at radius 2 is 2.06 bits per heavy atom. The molecular formula is C26H28FN3O4. The van der Waals surface area contributed by atoms with Crippen LogP contribution in [0.25, 0.3) is 22.2 Å². The van der Waals surface area contributed by atoms with Gasteiger partial charge >= 0.3 is 0 Å². The second-order valence-electron chi connectivity index (χ2n) is 8.60. The summed E-state index contributed by atoms with van der Waals surface area (Å²) in [7, 11) is -1.03. The summed E-state index contributed by atoms with van der Waals surface area (Å²) in [6.07, 6.45) is 0.920. The van der Waals surface area contributed by atoms with Crippen LogP contribution in [0.4, 0.5) is 10.1 Å². The quantitative estimate of drug-likeness (QED) is 0.534. The van der Waals surface area contributed by atoms with Crippen molar-refractivity contribution in [2.75, 3.05) is 51.9 Å². The first-order valence-electron chi connectivity index (χ1n) is 12.8. The van der Waals surface area contributed by atoms with E-state index in [0.717, 1.165) is 24.2 Å². The van der Waals surface area contributed by atoms with Gasteiger partial charge in [-0.2, -0.15) is 0 Å². The fourth-order valence-electron chi connectivity index (χ4n) is 4.87. The van der Waals surface area contributed by atoms with Crippen molar-refractivity contribution in [2.45, 2.75) is 6.42 Å². The molecule has 1 N–H and O–H groups in total. The molecule has 5 rings (SSSR count). The van der Waals surface area contributed by atoms with Crippen LogP contribution in [0.1, 0.15) is 10.5 Å². The molecule has 2 saturated heterocycles. The van der Waals surface area contributed by atoms with E-state index in [9.17, 15) is 9.18 Å². The molecule has 1 aromatic heterocycles. The van der Waals surface area contributed by atoms with Gasteiger partial charge < -0.3 is 24.4 Å². The summed E-state index contributed by atoms with van der Waals surface area (Å²) >= 11 is 0. The first-order chi connectivity index (χ1) is 17.7. The molecule has 0 saturated carbocycles. The van der Waals surface area contributed by atoms with Gasteiger partial charge in [0.25, 0.3) is 0 Å². The van der Waals surface area contributed by atoms with Crippen LogP contribution in [0, 0.1) is 17.7 Å². The van der Waals surface area contributed by atoms with E-state index in [2.05, 4.69) is 10.2 Å². The zero-order chi connectivity index (χ0) is 26.2. The number of nitrogens with zero attached hydrogens (tertiary/aromatic N) is 2. The molecule has 2 aliphatic rings. The van der Waals surface area contributed by atoms with Gasteiger partial charge in [-0.05, 0) is 48.7 Å². The number of pyridine rings is 1. The normalized spacial score (nSPS) is 21.4. The third kappa shape index (κ3) is 4.25. The highest BCUT2D eigenvalue weighted by molar-refractivity contribution is 5.96. The van der Waals surface area contributed by atoms with E-state index in [0.29, 0.717) is 35.4 Å². The number of fused-ring (bicyclic) bond motifs is 2. The molecule has 0 aliphatic carbocycles. The van der Waals surface area contributed by atoms with Gasteiger partial charge in [0.2, 0.25) is 5.91 Å². The van der Waals surface area contributed by atoms with E-state index in [-0.39, 0.29) is 36.7 Å². The van der Waals surface area contributed by atoms with Gasteiger partial charge in [-0.15, -0.1) is 0 Å². The largest absolute Gasteiger partial charge is 0.494 e. The molecule has 2 aliphatic heterocycles. The number of hydrogen-bond donors (Lipinski definition) is 1. The molecule has 2 unspecified atom stereocenters. The van der Waals surface area contributed by atoms with Crippen molar-refractivity contribution in [1.29, 1.82) is 0 Å². The van der Waals surface area contributed by atoms with Crippen LogP contribution in [-0.2, 0) is 9.53 Å². The average Bonchev–Trinajstić information content (AvgIpc) is 3.31. The molecule has 0 radical (unpaired) electrons. The van der Waals surface area contributed by atoms with E-state index in [1.54, 1.807) is 18.2 Å². The predicted molar refractivity (Wildman–Crippen MR) is 128 cm³/mol. The number of rotatable bonds is 7. The lowest BCUT2D eigenvalue weighted by Gasteiger charge is -2.23. The smallest absolute Gasteiger partial charge is 0.225 e. The molecule has 7 nitrogen and oxygen atoms in total. The summed E-state index contributed by atoms with van der Waals surface area (Å²) < 4.78 is 51.4. The topological polar surface area (TPSA) is 72.9 Å². The molecule has 178 valence electrons. The molecule has 0 spiro atoms. The minimum absolute atomic E-state index is 0.0535. The maximum absolute atomic E-state index is 14.7. The zero-order valence-corrected chi connectivity index (χ0v) is 18.8. The summed E-state index contributed by atoms with van der Waals surface area (Å²) in [6, 6.07) is 12.2. The van der Waals surface area contributed by atoms with Crippen LogP contribution in [0.15, 0.2) is 42.5 Å². The summed E-state index contributed by atoms with van der Waals surface area (Å²) in [6.45, 7) is 2.01. The maximum atomic E-state index is 14.7. The molecule has 3 aromatic rings. The Labute approximate surface area is 202 Å². The minimum atomic E-state index is -2.45. The average molecular weight is 469 g/mol. The molecule has 34 heavy (non-hydrogen) atoms. The van der Waals surface area contributed by atoms with Crippen LogP contribution < -0.4 is 19.7 Å².